The number of carboxylic acids is 3. The van der Waals surface area contributed by atoms with Crippen molar-refractivity contribution in [2.24, 2.45) is 5.73 Å². The summed E-state index contributed by atoms with van der Waals surface area (Å²) in [6, 6.07) is 3.70. The summed E-state index contributed by atoms with van der Waals surface area (Å²) in [7, 11) is 0. The Hall–Kier alpha value is -3.65. The third-order valence-electron chi connectivity index (χ3n) is 4.78. The van der Waals surface area contributed by atoms with Crippen LogP contribution in [-0.4, -0.2) is 86.6 Å². The number of thioether (sulfide) groups is 1. The number of amides is 3. The fraction of sp³-hybridized carbons (Fsp3) is 0.455. The van der Waals surface area contributed by atoms with Crippen LogP contribution in [0.5, 0.6) is 0 Å². The summed E-state index contributed by atoms with van der Waals surface area (Å²) in [6.45, 7) is 1.22. The van der Waals surface area contributed by atoms with Gasteiger partial charge in [-0.3, -0.25) is 19.2 Å². The van der Waals surface area contributed by atoms with E-state index < -0.39 is 66.2 Å². The lowest BCUT2D eigenvalue weighted by molar-refractivity contribution is -0.143. The van der Waals surface area contributed by atoms with E-state index in [1.807, 2.05) is 0 Å². The number of nitrogens with two attached hydrogens (primary N) is 1. The van der Waals surface area contributed by atoms with E-state index in [0.717, 1.165) is 17.3 Å². The van der Waals surface area contributed by atoms with Crippen LogP contribution in [0.25, 0.3) is 0 Å². The second kappa shape index (κ2) is 15.4. The van der Waals surface area contributed by atoms with Crippen molar-refractivity contribution in [2.45, 2.75) is 50.4 Å². The molecule has 0 radical (unpaired) electrons. The van der Waals surface area contributed by atoms with E-state index in [0.29, 0.717) is 0 Å². The van der Waals surface area contributed by atoms with Crippen molar-refractivity contribution in [3.8, 4) is 0 Å². The highest BCUT2D eigenvalue weighted by Crippen LogP contribution is 2.08. The van der Waals surface area contributed by atoms with Crippen LogP contribution < -0.4 is 21.7 Å². The number of hydrogen-bond acceptors (Lipinski definition) is 8. The summed E-state index contributed by atoms with van der Waals surface area (Å²) in [5.41, 5.74) is 6.09. The highest BCUT2D eigenvalue weighted by Gasteiger charge is 2.28. The Morgan fingerprint density at radius 3 is 1.97 bits per heavy atom. The monoisotopic (exact) mass is 526 g/mol. The number of carboxylic acid groups (broad SMARTS) is 3. The highest BCUT2D eigenvalue weighted by molar-refractivity contribution is 7.99. The van der Waals surface area contributed by atoms with E-state index in [-0.39, 0.29) is 24.3 Å². The molecule has 14 heteroatoms. The zero-order valence-corrected chi connectivity index (χ0v) is 20.3. The van der Waals surface area contributed by atoms with Crippen LogP contribution in [0.1, 0.15) is 25.3 Å². The summed E-state index contributed by atoms with van der Waals surface area (Å²) in [5.74, 6) is -6.25. The Labute approximate surface area is 211 Å². The van der Waals surface area contributed by atoms with Gasteiger partial charge in [0.25, 0.3) is 0 Å². The van der Waals surface area contributed by atoms with Crippen molar-refractivity contribution in [1.29, 1.82) is 0 Å². The van der Waals surface area contributed by atoms with Crippen LogP contribution in [0, 0.1) is 0 Å². The number of rotatable bonds is 16. The summed E-state index contributed by atoms with van der Waals surface area (Å²) in [5, 5.41) is 34.5. The fourth-order valence-corrected chi connectivity index (χ4v) is 3.93. The molecule has 0 heterocycles. The van der Waals surface area contributed by atoms with Crippen LogP contribution in [0.15, 0.2) is 30.3 Å². The molecular formula is C22H30N4O9S. The molecular weight excluding hydrogens is 496 g/mol. The molecule has 0 unspecified atom stereocenters. The predicted octanol–water partition coefficient (Wildman–Crippen LogP) is -1.20. The standard InChI is InChI=1S/C22H30N4O9S/c1-12(27)24-16(9-13-5-3-2-4-6-13)19(29)26-15(21(32)33)7-8-18(28)25-17(22(34)35)11-36-10-14(23)20(30)31/h2-6,14-17H,7-11,23H2,1H3,(H,24,27)(H,25,28)(H,26,29)(H,30,31)(H,32,33)(H,34,35)/t14-,15+,16-,17+/m0/s1. The molecule has 1 aromatic carbocycles. The molecule has 198 valence electrons. The third-order valence-corrected chi connectivity index (χ3v) is 5.95. The first kappa shape index (κ1) is 30.4. The minimum atomic E-state index is -1.47. The lowest BCUT2D eigenvalue weighted by Crippen LogP contribution is -2.52. The SMILES string of the molecule is CC(=O)N[C@@H](Cc1ccccc1)C(=O)N[C@H](CCC(=O)N[C@H](CSC[C@H](N)C(=O)O)C(=O)O)C(=O)O. The number of carbonyl (C=O) groups is 6. The molecule has 0 bridgehead atoms. The van der Waals surface area contributed by atoms with Crippen LogP contribution in [-0.2, 0) is 35.2 Å². The van der Waals surface area contributed by atoms with Gasteiger partial charge in [0.2, 0.25) is 17.7 Å². The Balaban J connectivity index is 2.70. The van der Waals surface area contributed by atoms with Gasteiger partial charge in [0.1, 0.15) is 24.2 Å². The van der Waals surface area contributed by atoms with E-state index in [1.54, 1.807) is 30.3 Å². The average Bonchev–Trinajstić information content (AvgIpc) is 2.80. The Morgan fingerprint density at radius 1 is 0.833 bits per heavy atom. The van der Waals surface area contributed by atoms with E-state index in [2.05, 4.69) is 16.0 Å². The summed E-state index contributed by atoms with van der Waals surface area (Å²) < 4.78 is 0. The van der Waals surface area contributed by atoms with Gasteiger partial charge in [-0.25, -0.2) is 9.59 Å². The van der Waals surface area contributed by atoms with Crippen LogP contribution in [0.2, 0.25) is 0 Å². The van der Waals surface area contributed by atoms with Gasteiger partial charge in [-0.15, -0.1) is 0 Å². The molecule has 8 N–H and O–H groups in total. The molecule has 3 amide bonds. The quantitative estimate of drug-likeness (QED) is 0.135. The smallest absolute Gasteiger partial charge is 0.327 e. The van der Waals surface area contributed by atoms with Gasteiger partial charge < -0.3 is 37.0 Å². The Bertz CT molecular complexity index is 945. The fourth-order valence-electron chi connectivity index (χ4n) is 2.93. The summed E-state index contributed by atoms with van der Waals surface area (Å²) in [4.78, 5) is 70.2. The van der Waals surface area contributed by atoms with Gasteiger partial charge in [0, 0.05) is 31.3 Å². The first-order valence-electron chi connectivity index (χ1n) is 10.8. The topological polar surface area (TPSA) is 225 Å². The molecule has 36 heavy (non-hydrogen) atoms. The van der Waals surface area contributed by atoms with Gasteiger partial charge in [-0.05, 0) is 12.0 Å². The van der Waals surface area contributed by atoms with E-state index >= 15 is 0 Å². The zero-order valence-electron chi connectivity index (χ0n) is 19.5. The molecule has 0 saturated heterocycles. The summed E-state index contributed by atoms with van der Waals surface area (Å²) >= 11 is 0.927. The number of hydrogen-bond donors (Lipinski definition) is 7. The minimum absolute atomic E-state index is 0.0689. The lowest BCUT2D eigenvalue weighted by Gasteiger charge is -2.21. The summed E-state index contributed by atoms with van der Waals surface area (Å²) in [6.07, 6.45) is -0.638. The predicted molar refractivity (Wildman–Crippen MR) is 129 cm³/mol. The molecule has 0 aliphatic carbocycles. The van der Waals surface area contributed by atoms with E-state index in [4.69, 9.17) is 10.8 Å². The molecule has 13 nitrogen and oxygen atoms in total. The highest BCUT2D eigenvalue weighted by atomic mass is 32.2. The van der Waals surface area contributed by atoms with Crippen LogP contribution >= 0.6 is 11.8 Å². The number of nitrogens with one attached hydrogen (secondary N) is 3. The van der Waals surface area contributed by atoms with Crippen LogP contribution in [0.3, 0.4) is 0 Å². The Kier molecular flexibility index (Phi) is 13.0. The van der Waals surface area contributed by atoms with Gasteiger partial charge in [-0.1, -0.05) is 30.3 Å². The third kappa shape index (κ3) is 11.7. The molecule has 4 atom stereocenters. The van der Waals surface area contributed by atoms with Crippen molar-refractivity contribution >= 4 is 47.4 Å². The molecule has 0 saturated carbocycles. The van der Waals surface area contributed by atoms with E-state index in [9.17, 15) is 39.0 Å². The average molecular weight is 527 g/mol. The van der Waals surface area contributed by atoms with Crippen molar-refractivity contribution in [2.75, 3.05) is 11.5 Å². The maximum Gasteiger partial charge on any atom is 0.327 e. The van der Waals surface area contributed by atoms with Gasteiger partial charge in [0.15, 0.2) is 0 Å². The first-order chi connectivity index (χ1) is 16.9. The largest absolute Gasteiger partial charge is 0.480 e. The number of benzene rings is 1. The first-order valence-corrected chi connectivity index (χ1v) is 12.0. The minimum Gasteiger partial charge on any atom is -0.480 e. The second-order valence-electron chi connectivity index (χ2n) is 7.82. The lowest BCUT2D eigenvalue weighted by atomic mass is 10.0. The number of aliphatic carboxylic acids is 3. The molecule has 0 aromatic heterocycles. The maximum absolute atomic E-state index is 12.7. The second-order valence-corrected chi connectivity index (χ2v) is 8.90. The van der Waals surface area contributed by atoms with Gasteiger partial charge in [-0.2, -0.15) is 11.8 Å². The normalized spacial score (nSPS) is 13.9. The molecule has 1 aromatic rings. The van der Waals surface area contributed by atoms with Crippen molar-refractivity contribution < 1.29 is 44.1 Å². The molecule has 0 spiro atoms. The number of carbonyl (C=O) groups excluding carboxylic acids is 3. The van der Waals surface area contributed by atoms with Gasteiger partial charge in [0.05, 0.1) is 0 Å². The van der Waals surface area contributed by atoms with Crippen molar-refractivity contribution in [3.63, 3.8) is 0 Å². The zero-order chi connectivity index (χ0) is 27.3. The molecule has 0 aliphatic heterocycles. The molecule has 0 aliphatic rings. The molecule has 1 rings (SSSR count). The molecule has 0 fully saturated rings. The van der Waals surface area contributed by atoms with Crippen LogP contribution in [0.4, 0.5) is 0 Å². The van der Waals surface area contributed by atoms with Gasteiger partial charge >= 0.3 is 17.9 Å². The Morgan fingerprint density at radius 2 is 1.44 bits per heavy atom. The van der Waals surface area contributed by atoms with Crippen molar-refractivity contribution in [1.82, 2.24) is 16.0 Å². The maximum atomic E-state index is 12.7. The van der Waals surface area contributed by atoms with E-state index in [1.165, 1.54) is 6.92 Å². The van der Waals surface area contributed by atoms with Crippen molar-refractivity contribution in [3.05, 3.63) is 35.9 Å².